The number of thiophene rings is 1. The van der Waals surface area contributed by atoms with Crippen LogP contribution in [0.15, 0.2) is 58.9 Å². The Morgan fingerprint density at radius 3 is 2.57 bits per heavy atom. The predicted molar refractivity (Wildman–Crippen MR) is 94.3 cm³/mol. The Hall–Kier alpha value is -2.18. The SMILES string of the molecule is Cc1cccc(S(=O)(=O)Nc2cc(-c3cccs3)ccc2C)n1. The van der Waals surface area contributed by atoms with Crippen LogP contribution in [0.3, 0.4) is 0 Å². The van der Waals surface area contributed by atoms with Crippen LogP contribution in [-0.2, 0) is 10.0 Å². The van der Waals surface area contributed by atoms with Crippen LogP contribution in [0.25, 0.3) is 10.4 Å². The van der Waals surface area contributed by atoms with Crippen molar-refractivity contribution in [2.75, 3.05) is 4.72 Å². The molecule has 118 valence electrons. The first-order valence-corrected chi connectivity index (χ1v) is 9.43. The van der Waals surface area contributed by atoms with Gasteiger partial charge in [0.05, 0.1) is 5.69 Å². The highest BCUT2D eigenvalue weighted by atomic mass is 32.2. The van der Waals surface area contributed by atoms with Crippen LogP contribution in [0.4, 0.5) is 5.69 Å². The van der Waals surface area contributed by atoms with Gasteiger partial charge in [-0.1, -0.05) is 24.3 Å². The smallest absolute Gasteiger partial charge is 0.278 e. The van der Waals surface area contributed by atoms with Gasteiger partial charge in [0.1, 0.15) is 0 Å². The van der Waals surface area contributed by atoms with Gasteiger partial charge in [-0.2, -0.15) is 8.42 Å². The number of nitrogens with zero attached hydrogens (tertiary/aromatic N) is 1. The van der Waals surface area contributed by atoms with Crippen molar-refractivity contribution in [2.24, 2.45) is 0 Å². The van der Waals surface area contributed by atoms with Crippen molar-refractivity contribution in [1.29, 1.82) is 0 Å². The molecule has 2 heterocycles. The molecular weight excluding hydrogens is 328 g/mol. The number of aryl methyl sites for hydroxylation is 2. The van der Waals surface area contributed by atoms with Crippen molar-refractivity contribution < 1.29 is 8.42 Å². The van der Waals surface area contributed by atoms with Gasteiger partial charge in [0.15, 0.2) is 5.03 Å². The lowest BCUT2D eigenvalue weighted by Crippen LogP contribution is -2.15. The lowest BCUT2D eigenvalue weighted by atomic mass is 10.1. The molecule has 0 fully saturated rings. The molecule has 2 aromatic heterocycles. The highest BCUT2D eigenvalue weighted by Gasteiger charge is 2.17. The summed E-state index contributed by atoms with van der Waals surface area (Å²) in [5.41, 5.74) is 3.08. The second kappa shape index (κ2) is 6.14. The fourth-order valence-corrected chi connectivity index (χ4v) is 4.05. The number of rotatable bonds is 4. The van der Waals surface area contributed by atoms with E-state index in [9.17, 15) is 8.42 Å². The number of sulfonamides is 1. The molecular formula is C17H16N2O2S2. The third-order valence-electron chi connectivity index (χ3n) is 3.43. The molecule has 0 atom stereocenters. The molecule has 0 unspecified atom stereocenters. The molecule has 0 saturated heterocycles. The van der Waals surface area contributed by atoms with E-state index in [1.165, 1.54) is 6.07 Å². The average Bonchev–Trinajstić information content (AvgIpc) is 3.04. The minimum absolute atomic E-state index is 0.0263. The monoisotopic (exact) mass is 344 g/mol. The van der Waals surface area contributed by atoms with Gasteiger partial charge in [0, 0.05) is 10.6 Å². The predicted octanol–water partition coefficient (Wildman–Crippen LogP) is 4.23. The zero-order chi connectivity index (χ0) is 16.4. The fraction of sp³-hybridized carbons (Fsp3) is 0.118. The third-order valence-corrected chi connectivity index (χ3v) is 5.61. The van der Waals surface area contributed by atoms with Crippen LogP contribution >= 0.6 is 11.3 Å². The number of benzene rings is 1. The molecule has 0 bridgehead atoms. The second-order valence-corrected chi connectivity index (χ2v) is 7.81. The van der Waals surface area contributed by atoms with E-state index in [0.29, 0.717) is 11.4 Å². The van der Waals surface area contributed by atoms with Crippen molar-refractivity contribution >= 4 is 27.0 Å². The molecule has 6 heteroatoms. The molecule has 23 heavy (non-hydrogen) atoms. The van der Waals surface area contributed by atoms with Crippen molar-refractivity contribution in [2.45, 2.75) is 18.9 Å². The molecule has 0 spiro atoms. The van der Waals surface area contributed by atoms with Gasteiger partial charge < -0.3 is 0 Å². The van der Waals surface area contributed by atoms with E-state index in [1.807, 2.05) is 42.6 Å². The highest BCUT2D eigenvalue weighted by Crippen LogP contribution is 2.29. The number of nitrogens with one attached hydrogen (secondary N) is 1. The topological polar surface area (TPSA) is 59.1 Å². The highest BCUT2D eigenvalue weighted by molar-refractivity contribution is 7.92. The van der Waals surface area contributed by atoms with Gasteiger partial charge in [-0.3, -0.25) is 4.72 Å². The summed E-state index contributed by atoms with van der Waals surface area (Å²) in [6.45, 7) is 3.64. The summed E-state index contributed by atoms with van der Waals surface area (Å²) in [6, 6.07) is 14.7. The van der Waals surface area contributed by atoms with Crippen molar-refractivity contribution in [3.05, 3.63) is 65.2 Å². The van der Waals surface area contributed by atoms with Crippen molar-refractivity contribution in [1.82, 2.24) is 4.98 Å². The minimum Gasteiger partial charge on any atom is -0.278 e. The first kappa shape index (κ1) is 15.7. The summed E-state index contributed by atoms with van der Waals surface area (Å²) < 4.78 is 27.7. The van der Waals surface area contributed by atoms with Crippen LogP contribution in [0.2, 0.25) is 0 Å². The molecule has 0 aliphatic heterocycles. The number of aromatic nitrogens is 1. The van der Waals surface area contributed by atoms with Gasteiger partial charge in [-0.15, -0.1) is 11.3 Å². The van der Waals surface area contributed by atoms with Crippen molar-refractivity contribution in [3.8, 4) is 10.4 Å². The Morgan fingerprint density at radius 1 is 1.04 bits per heavy atom. The van der Waals surface area contributed by atoms with Crippen LogP contribution in [0, 0.1) is 13.8 Å². The lowest BCUT2D eigenvalue weighted by Gasteiger charge is -2.12. The van der Waals surface area contributed by atoms with Crippen molar-refractivity contribution in [3.63, 3.8) is 0 Å². The van der Waals surface area contributed by atoms with E-state index in [4.69, 9.17) is 0 Å². The van der Waals surface area contributed by atoms with E-state index in [0.717, 1.165) is 16.0 Å². The van der Waals surface area contributed by atoms with Crippen LogP contribution in [-0.4, -0.2) is 13.4 Å². The normalized spacial score (nSPS) is 11.4. The first-order chi connectivity index (χ1) is 11.0. The molecule has 1 aromatic carbocycles. The molecule has 0 saturated carbocycles. The molecule has 3 rings (SSSR count). The van der Waals surface area contributed by atoms with Gasteiger partial charge in [-0.25, -0.2) is 4.98 Å². The average molecular weight is 344 g/mol. The molecule has 0 aliphatic rings. The molecule has 4 nitrogen and oxygen atoms in total. The Balaban J connectivity index is 1.98. The molecule has 3 aromatic rings. The second-order valence-electron chi connectivity index (χ2n) is 5.23. The summed E-state index contributed by atoms with van der Waals surface area (Å²) >= 11 is 1.62. The summed E-state index contributed by atoms with van der Waals surface area (Å²) in [5.74, 6) is 0. The summed E-state index contributed by atoms with van der Waals surface area (Å²) in [5, 5.41) is 2.02. The third kappa shape index (κ3) is 3.43. The quantitative estimate of drug-likeness (QED) is 0.770. The maximum absolute atomic E-state index is 12.5. The largest absolute Gasteiger partial charge is 0.279 e. The Bertz CT molecular complexity index is 933. The summed E-state index contributed by atoms with van der Waals surface area (Å²) in [6.07, 6.45) is 0. The number of hydrogen-bond donors (Lipinski definition) is 1. The number of pyridine rings is 1. The van der Waals surface area contributed by atoms with E-state index in [2.05, 4.69) is 9.71 Å². The van der Waals surface area contributed by atoms with Gasteiger partial charge in [-0.05, 0) is 54.6 Å². The minimum atomic E-state index is -3.70. The van der Waals surface area contributed by atoms with Crippen LogP contribution in [0.5, 0.6) is 0 Å². The Morgan fingerprint density at radius 2 is 1.87 bits per heavy atom. The van der Waals surface area contributed by atoms with E-state index >= 15 is 0 Å². The Kier molecular flexibility index (Phi) is 4.19. The fourth-order valence-electron chi connectivity index (χ4n) is 2.19. The first-order valence-electron chi connectivity index (χ1n) is 7.07. The lowest BCUT2D eigenvalue weighted by molar-refractivity contribution is 0.597. The molecule has 1 N–H and O–H groups in total. The molecule has 0 radical (unpaired) electrons. The van der Waals surface area contributed by atoms with Crippen LogP contribution in [0.1, 0.15) is 11.3 Å². The molecule has 0 amide bonds. The summed E-state index contributed by atoms with van der Waals surface area (Å²) in [7, 11) is -3.70. The van der Waals surface area contributed by atoms with Gasteiger partial charge >= 0.3 is 0 Å². The van der Waals surface area contributed by atoms with E-state index in [1.54, 1.807) is 30.4 Å². The van der Waals surface area contributed by atoms with Crippen LogP contribution < -0.4 is 4.72 Å². The standard InChI is InChI=1S/C17H16N2O2S2/c1-12-8-9-14(16-6-4-10-22-16)11-15(12)19-23(20,21)17-7-3-5-13(2)18-17/h3-11,19H,1-2H3. The maximum Gasteiger partial charge on any atom is 0.279 e. The zero-order valence-electron chi connectivity index (χ0n) is 12.8. The zero-order valence-corrected chi connectivity index (χ0v) is 14.4. The maximum atomic E-state index is 12.5. The van der Waals surface area contributed by atoms with Gasteiger partial charge in [0.2, 0.25) is 0 Å². The van der Waals surface area contributed by atoms with E-state index in [-0.39, 0.29) is 5.03 Å². The van der Waals surface area contributed by atoms with E-state index < -0.39 is 10.0 Å². The van der Waals surface area contributed by atoms with Gasteiger partial charge in [0.25, 0.3) is 10.0 Å². The molecule has 0 aliphatic carbocycles. The number of anilines is 1. The number of hydrogen-bond acceptors (Lipinski definition) is 4. The summed E-state index contributed by atoms with van der Waals surface area (Å²) in [4.78, 5) is 5.19. The Labute approximate surface area is 139 Å².